The number of ether oxygens (including phenoxy) is 1. The van der Waals surface area contributed by atoms with Crippen molar-refractivity contribution in [3.05, 3.63) is 138 Å². The lowest BCUT2D eigenvalue weighted by atomic mass is 9.99. The van der Waals surface area contributed by atoms with E-state index in [1.807, 2.05) is 24.3 Å². The molecule has 192 valence electrons. The Labute approximate surface area is 224 Å². The summed E-state index contributed by atoms with van der Waals surface area (Å²) in [5.41, 5.74) is 2.23. The Bertz CT molecular complexity index is 2290. The highest BCUT2D eigenvalue weighted by Gasteiger charge is 2.21. The number of fused-ring (bicyclic) bond motifs is 3. The fourth-order valence-corrected chi connectivity index (χ4v) is 5.04. The molecule has 7 nitrogen and oxygen atoms in total. The summed E-state index contributed by atoms with van der Waals surface area (Å²) in [7, 11) is 0. The predicted octanol–water partition coefficient (Wildman–Crippen LogP) is 6.08. The summed E-state index contributed by atoms with van der Waals surface area (Å²) in [6.07, 6.45) is 0. The van der Waals surface area contributed by atoms with E-state index in [0.717, 1.165) is 22.3 Å². The largest absolute Gasteiger partial charge is 0.456 e. The molecule has 2 heterocycles. The average molecular weight is 527 g/mol. The van der Waals surface area contributed by atoms with E-state index in [4.69, 9.17) is 13.6 Å². The molecular weight excluding hydrogens is 508 g/mol. The summed E-state index contributed by atoms with van der Waals surface area (Å²) in [4.78, 5) is 49.2. The summed E-state index contributed by atoms with van der Waals surface area (Å²) < 4.78 is 15.7. The van der Waals surface area contributed by atoms with Crippen molar-refractivity contribution in [2.24, 2.45) is 0 Å². The van der Waals surface area contributed by atoms with Gasteiger partial charge in [-0.15, -0.1) is 0 Å². The third-order valence-electron chi connectivity index (χ3n) is 7.14. The number of aryl methyl sites for hydroxylation is 1. The van der Waals surface area contributed by atoms with Crippen molar-refractivity contribution >= 4 is 32.3 Å². The normalized spacial score (nSPS) is 11.5. The van der Waals surface area contributed by atoms with E-state index < -0.39 is 22.5 Å². The van der Waals surface area contributed by atoms with Crippen LogP contribution in [0.1, 0.15) is 5.56 Å². The third-order valence-corrected chi connectivity index (χ3v) is 7.14. The van der Waals surface area contributed by atoms with Crippen molar-refractivity contribution in [2.45, 2.75) is 6.92 Å². The van der Waals surface area contributed by atoms with Gasteiger partial charge in [0.25, 0.3) is 0 Å². The first-order chi connectivity index (χ1) is 19.4. The van der Waals surface area contributed by atoms with E-state index in [1.54, 1.807) is 12.1 Å². The predicted molar refractivity (Wildman–Crippen MR) is 153 cm³/mol. The van der Waals surface area contributed by atoms with Gasteiger partial charge in [0.1, 0.15) is 11.1 Å². The minimum Gasteiger partial charge on any atom is -0.456 e. The van der Waals surface area contributed by atoms with Crippen LogP contribution < -0.4 is 27.2 Å². The van der Waals surface area contributed by atoms with Gasteiger partial charge >= 0.3 is 22.5 Å². The molecule has 0 aliphatic rings. The second-order valence-electron chi connectivity index (χ2n) is 9.67. The summed E-state index contributed by atoms with van der Waals surface area (Å²) >= 11 is 0. The smallest absolute Gasteiger partial charge is 0.350 e. The number of benzene rings is 5. The number of hydrogen-bond acceptors (Lipinski definition) is 7. The third kappa shape index (κ3) is 3.75. The van der Waals surface area contributed by atoms with Crippen LogP contribution in [-0.4, -0.2) is 0 Å². The van der Waals surface area contributed by atoms with E-state index >= 15 is 0 Å². The van der Waals surface area contributed by atoms with Gasteiger partial charge in [0, 0.05) is 5.39 Å². The Balaban J connectivity index is 1.29. The summed E-state index contributed by atoms with van der Waals surface area (Å²) in [6.45, 7) is 2.06. The Morgan fingerprint density at radius 1 is 0.500 bits per heavy atom. The quantitative estimate of drug-likeness (QED) is 0.274. The molecule has 40 heavy (non-hydrogen) atoms. The Morgan fingerprint density at radius 2 is 0.950 bits per heavy atom. The SMILES string of the molecule is Cc1ccc(-c2ccc(-c3ccc(Oc4c5cc6c(=O)oc(=O)c6cc5cc5c(=O)oc(=O)c45)cc3)cc2)cc1. The average Bonchev–Trinajstić information content (AvgIpc) is 3.41. The topological polar surface area (TPSA) is 104 Å². The first-order valence-corrected chi connectivity index (χ1v) is 12.5. The van der Waals surface area contributed by atoms with Crippen molar-refractivity contribution in [2.75, 3.05) is 0 Å². The molecule has 0 amide bonds. The maximum absolute atomic E-state index is 12.6. The van der Waals surface area contributed by atoms with Gasteiger partial charge in [0.05, 0.1) is 16.2 Å². The van der Waals surface area contributed by atoms with Gasteiger partial charge in [-0.25, -0.2) is 19.2 Å². The van der Waals surface area contributed by atoms with Gasteiger partial charge in [-0.1, -0.05) is 66.2 Å². The van der Waals surface area contributed by atoms with Crippen LogP contribution in [0.5, 0.6) is 11.5 Å². The van der Waals surface area contributed by atoms with Crippen LogP contribution >= 0.6 is 0 Å². The molecule has 0 bridgehead atoms. The molecule has 0 aliphatic carbocycles. The molecule has 0 spiro atoms. The number of hydrogen-bond donors (Lipinski definition) is 0. The molecule has 0 radical (unpaired) electrons. The molecule has 0 unspecified atom stereocenters. The van der Waals surface area contributed by atoms with Crippen molar-refractivity contribution in [1.29, 1.82) is 0 Å². The van der Waals surface area contributed by atoms with E-state index in [2.05, 4.69) is 43.3 Å². The highest BCUT2D eigenvalue weighted by atomic mass is 16.5. The van der Waals surface area contributed by atoms with Gasteiger partial charge in [0.15, 0.2) is 5.75 Å². The van der Waals surface area contributed by atoms with Gasteiger partial charge < -0.3 is 13.6 Å². The fraction of sp³-hybridized carbons (Fsp3) is 0.0303. The van der Waals surface area contributed by atoms with Gasteiger partial charge in [-0.2, -0.15) is 0 Å². The first kappa shape index (κ1) is 23.5. The van der Waals surface area contributed by atoms with Crippen LogP contribution in [0.3, 0.4) is 0 Å². The lowest BCUT2D eigenvalue weighted by Gasteiger charge is -2.11. The molecule has 0 fully saturated rings. The second-order valence-corrected chi connectivity index (χ2v) is 9.67. The molecule has 0 aliphatic heterocycles. The fourth-order valence-electron chi connectivity index (χ4n) is 5.04. The molecule has 7 aromatic rings. The van der Waals surface area contributed by atoms with Crippen LogP contribution in [0.25, 0.3) is 54.6 Å². The molecule has 2 aromatic heterocycles. The number of rotatable bonds is 4. The molecule has 0 N–H and O–H groups in total. The van der Waals surface area contributed by atoms with Crippen LogP contribution in [0.4, 0.5) is 0 Å². The van der Waals surface area contributed by atoms with Crippen LogP contribution in [0.15, 0.2) is 119 Å². The molecule has 0 saturated heterocycles. The van der Waals surface area contributed by atoms with Crippen molar-refractivity contribution in [3.63, 3.8) is 0 Å². The minimum atomic E-state index is -0.846. The highest BCUT2D eigenvalue weighted by Crippen LogP contribution is 2.37. The van der Waals surface area contributed by atoms with Crippen molar-refractivity contribution in [1.82, 2.24) is 0 Å². The molecule has 7 heteroatoms. The van der Waals surface area contributed by atoms with Gasteiger partial charge in [-0.05, 0) is 64.9 Å². The Kier molecular flexibility index (Phi) is 5.15. The molecule has 0 saturated carbocycles. The maximum atomic E-state index is 12.6. The first-order valence-electron chi connectivity index (χ1n) is 12.5. The highest BCUT2D eigenvalue weighted by molar-refractivity contribution is 6.09. The lowest BCUT2D eigenvalue weighted by molar-refractivity contribution is 0.484. The van der Waals surface area contributed by atoms with Crippen molar-refractivity contribution < 1.29 is 13.6 Å². The van der Waals surface area contributed by atoms with E-state index in [9.17, 15) is 19.2 Å². The molecule has 5 aromatic carbocycles. The molecule has 7 rings (SSSR count). The Hall–Kier alpha value is -5.56. The molecule has 0 atom stereocenters. The van der Waals surface area contributed by atoms with Crippen LogP contribution in [-0.2, 0) is 0 Å². The van der Waals surface area contributed by atoms with Gasteiger partial charge in [0.2, 0.25) is 0 Å². The molecular formula is C33H18O7. The summed E-state index contributed by atoms with van der Waals surface area (Å²) in [5.74, 6) is 0.467. The van der Waals surface area contributed by atoms with Crippen LogP contribution in [0, 0.1) is 6.92 Å². The summed E-state index contributed by atoms with van der Waals surface area (Å²) in [6, 6.07) is 28.2. The minimum absolute atomic E-state index is 0.0235. The number of furan rings is 2. The van der Waals surface area contributed by atoms with Crippen LogP contribution in [0.2, 0.25) is 0 Å². The van der Waals surface area contributed by atoms with E-state index in [-0.39, 0.29) is 27.3 Å². The summed E-state index contributed by atoms with van der Waals surface area (Å²) in [5, 5.41) is 0.923. The lowest BCUT2D eigenvalue weighted by Crippen LogP contribution is -1.97. The van der Waals surface area contributed by atoms with E-state index in [0.29, 0.717) is 16.5 Å². The monoisotopic (exact) mass is 526 g/mol. The van der Waals surface area contributed by atoms with E-state index in [1.165, 1.54) is 23.8 Å². The zero-order valence-electron chi connectivity index (χ0n) is 21.0. The van der Waals surface area contributed by atoms with Crippen molar-refractivity contribution in [3.8, 4) is 33.8 Å². The van der Waals surface area contributed by atoms with Gasteiger partial charge in [-0.3, -0.25) is 0 Å². The maximum Gasteiger partial charge on any atom is 0.350 e. The Morgan fingerprint density at radius 3 is 1.55 bits per heavy atom. The zero-order valence-corrected chi connectivity index (χ0v) is 21.0. The zero-order chi connectivity index (χ0) is 27.5. The standard InChI is InChI=1S/C33H18O7/c1-17-2-4-18(5-3-17)19-6-8-20(9-7-19)21-10-12-23(13-11-21)38-29-24-16-26-25(30(34)39-31(26)35)14-22(24)15-27-28(29)33(37)40-32(27)36/h2-16H,1H3. The second kappa shape index (κ2) is 8.74.